The van der Waals surface area contributed by atoms with E-state index < -0.39 is 94.2 Å². The molecule has 2 aromatic rings. The van der Waals surface area contributed by atoms with Gasteiger partial charge in [-0.3, -0.25) is 28.3 Å². The third-order valence-electron chi connectivity index (χ3n) is 6.47. The Hall–Kier alpha value is -3.39. The van der Waals surface area contributed by atoms with E-state index in [-0.39, 0.29) is 37.4 Å². The molecule has 1 amide bonds. The summed E-state index contributed by atoms with van der Waals surface area (Å²) in [6, 6.07) is -2.19. The van der Waals surface area contributed by atoms with Crippen LogP contribution in [0.3, 0.4) is 0 Å². The molecule has 2 rings (SSSR count). The molecule has 5 N–H and O–H groups in total. The molecule has 2 heterocycles. The van der Waals surface area contributed by atoms with Crippen molar-refractivity contribution in [2.75, 3.05) is 32.3 Å². The van der Waals surface area contributed by atoms with Crippen LogP contribution in [-0.2, 0) is 74.3 Å². The second kappa shape index (κ2) is 19.0. The highest BCUT2D eigenvalue weighted by molar-refractivity contribution is 7.98. The Morgan fingerprint density at radius 2 is 1.38 bits per heavy atom. The van der Waals surface area contributed by atoms with Gasteiger partial charge >= 0.3 is 26.8 Å². The standard InChI is InChI=1S/C24H36N8O13S3/c1-15(8-21(33)19(25-2)10-17-12-31(29-27-17)4-6-44-47(38,39)40)23(35)26-20(22(34)9-16(14-46-3)24(36)37)11-18-13-32(30-28-18)5-7-45-48(41,42)43/h1,12-13,15-16,19-20,25H,4-11,14H2,2-3H3,(H,26,35)(H,36,37)(H,38,39,40)(H,41,42,43)/t15-,16+,19+,20+/m1/s1. The summed E-state index contributed by atoms with van der Waals surface area (Å²) in [6.45, 7) is 4.92. The van der Waals surface area contributed by atoms with Crippen LogP contribution in [0.4, 0.5) is 0 Å². The van der Waals surface area contributed by atoms with E-state index in [1.807, 2.05) is 0 Å². The lowest BCUT2D eigenvalue weighted by Gasteiger charge is -2.22. The number of nitrogens with one attached hydrogen (secondary N) is 2. The highest BCUT2D eigenvalue weighted by atomic mass is 32.3. The number of hydrogen-bond donors (Lipinski definition) is 5. The maximum atomic E-state index is 13.2. The lowest BCUT2D eigenvalue weighted by molar-refractivity contribution is -0.143. The molecule has 0 aromatic carbocycles. The lowest BCUT2D eigenvalue weighted by Crippen LogP contribution is -2.46. The van der Waals surface area contributed by atoms with Crippen molar-refractivity contribution in [3.05, 3.63) is 30.7 Å². The molecule has 0 spiro atoms. The highest BCUT2D eigenvalue weighted by Gasteiger charge is 2.31. The first kappa shape index (κ1) is 40.8. The van der Waals surface area contributed by atoms with E-state index in [1.165, 1.54) is 35.9 Å². The Bertz CT molecular complexity index is 1610. The molecule has 24 heteroatoms. The normalized spacial score (nSPS) is 14.6. The number of aliphatic carboxylic acids is 1. The number of thioether (sulfide) groups is 1. The second-order valence-corrected chi connectivity index (χ2v) is 13.3. The zero-order chi connectivity index (χ0) is 36.1. The van der Waals surface area contributed by atoms with E-state index in [0.29, 0.717) is 5.69 Å². The number of likely N-dealkylation sites (N-methyl/N-ethyl adjacent to an activating group) is 1. The second-order valence-electron chi connectivity index (χ2n) is 10.2. The molecule has 0 saturated carbocycles. The predicted octanol–water partition coefficient (Wildman–Crippen LogP) is -2.32. The number of carboxylic acid groups (broad SMARTS) is 1. The molecular weight excluding hydrogens is 705 g/mol. The van der Waals surface area contributed by atoms with Crippen LogP contribution in [0, 0.1) is 18.8 Å². The van der Waals surface area contributed by atoms with Gasteiger partial charge in [0.2, 0.25) is 5.91 Å². The smallest absolute Gasteiger partial charge is 0.397 e. The zero-order valence-corrected chi connectivity index (χ0v) is 28.2. The number of carbonyl (C=O) groups is 4. The van der Waals surface area contributed by atoms with Crippen molar-refractivity contribution in [3.63, 3.8) is 0 Å². The Labute approximate surface area is 280 Å². The third-order valence-corrected chi connectivity index (χ3v) is 8.13. The van der Waals surface area contributed by atoms with E-state index in [9.17, 15) is 41.1 Å². The summed E-state index contributed by atoms with van der Waals surface area (Å²) < 4.78 is 71.0. The molecular formula is C24H36N8O13S3. The summed E-state index contributed by atoms with van der Waals surface area (Å²) in [6.07, 6.45) is 3.28. The summed E-state index contributed by atoms with van der Waals surface area (Å²) in [5, 5.41) is 30.1. The molecule has 0 bridgehead atoms. The van der Waals surface area contributed by atoms with Gasteiger partial charge in [-0.25, -0.2) is 17.7 Å². The topological polar surface area (TPSA) is 301 Å². The van der Waals surface area contributed by atoms with Crippen LogP contribution in [0.25, 0.3) is 0 Å². The summed E-state index contributed by atoms with van der Waals surface area (Å²) >= 11 is 1.22. The SMILES string of the molecule is [CH][C@H](CC(=O)[C@H](Cc1cn(CCOS(=O)(=O)O)nn1)NC)C(=O)N[C@@H](Cc1cn(CCOS(=O)(=O)O)nn1)C(=O)C[C@@H](CSC)C(=O)O. The van der Waals surface area contributed by atoms with E-state index in [2.05, 4.69) is 39.6 Å². The van der Waals surface area contributed by atoms with Gasteiger partial charge in [-0.2, -0.15) is 28.6 Å². The lowest BCUT2D eigenvalue weighted by atomic mass is 9.94. The number of rotatable bonds is 24. The molecule has 0 fully saturated rings. The van der Waals surface area contributed by atoms with Gasteiger partial charge in [-0.1, -0.05) is 10.4 Å². The Morgan fingerprint density at radius 1 is 0.896 bits per heavy atom. The number of ketones is 2. The number of aromatic nitrogens is 6. The minimum atomic E-state index is -4.68. The molecule has 4 atom stereocenters. The number of carbonyl (C=O) groups excluding carboxylic acids is 3. The first-order valence-electron chi connectivity index (χ1n) is 13.9. The van der Waals surface area contributed by atoms with E-state index in [0.717, 1.165) is 4.68 Å². The van der Waals surface area contributed by atoms with Crippen LogP contribution < -0.4 is 10.6 Å². The zero-order valence-electron chi connectivity index (χ0n) is 25.7. The van der Waals surface area contributed by atoms with Crippen molar-refractivity contribution in [1.29, 1.82) is 0 Å². The van der Waals surface area contributed by atoms with Gasteiger partial charge in [0.05, 0.1) is 55.7 Å². The molecule has 2 radical (unpaired) electrons. The van der Waals surface area contributed by atoms with E-state index >= 15 is 0 Å². The fraction of sp³-hybridized carbons (Fsp3) is 0.625. The van der Waals surface area contributed by atoms with Crippen molar-refractivity contribution in [2.45, 2.75) is 50.9 Å². The quantitative estimate of drug-likeness (QED) is 0.0705. The molecule has 21 nitrogen and oxygen atoms in total. The van der Waals surface area contributed by atoms with Gasteiger partial charge < -0.3 is 15.7 Å². The number of amides is 1. The average Bonchev–Trinajstić information content (AvgIpc) is 3.62. The Kier molecular flexibility index (Phi) is 16.1. The number of nitrogens with zero attached hydrogens (tertiary/aromatic N) is 6. The van der Waals surface area contributed by atoms with Crippen molar-refractivity contribution < 1.29 is 58.6 Å². The van der Waals surface area contributed by atoms with Crippen molar-refractivity contribution in [1.82, 2.24) is 40.6 Å². The van der Waals surface area contributed by atoms with Crippen LogP contribution >= 0.6 is 11.8 Å². The molecule has 268 valence electrons. The number of Topliss-reactive ketones (excluding diaryl/α,β-unsaturated/α-hetero) is 2. The largest absolute Gasteiger partial charge is 0.481 e. The minimum absolute atomic E-state index is 0.0148. The maximum absolute atomic E-state index is 13.2. The molecule has 0 saturated heterocycles. The molecule has 0 aliphatic heterocycles. The van der Waals surface area contributed by atoms with Gasteiger partial charge in [0.15, 0.2) is 11.6 Å². The van der Waals surface area contributed by atoms with Gasteiger partial charge in [-0.05, 0) is 20.2 Å². The average molecular weight is 741 g/mol. The number of carboxylic acids is 1. The maximum Gasteiger partial charge on any atom is 0.397 e. The summed E-state index contributed by atoms with van der Waals surface area (Å²) in [4.78, 5) is 51.0. The third kappa shape index (κ3) is 15.2. The number of hydrogen-bond acceptors (Lipinski definition) is 16. The van der Waals surface area contributed by atoms with Crippen LogP contribution in [-0.4, -0.2) is 129 Å². The van der Waals surface area contributed by atoms with E-state index in [4.69, 9.17) is 16.0 Å². The minimum Gasteiger partial charge on any atom is -0.481 e. The van der Waals surface area contributed by atoms with Crippen LogP contribution in [0.5, 0.6) is 0 Å². The Balaban J connectivity index is 2.08. The van der Waals surface area contributed by atoms with Gasteiger partial charge in [0.25, 0.3) is 0 Å². The van der Waals surface area contributed by atoms with Crippen molar-refractivity contribution >= 4 is 56.0 Å². The van der Waals surface area contributed by atoms with Crippen LogP contribution in [0.2, 0.25) is 0 Å². The van der Waals surface area contributed by atoms with Crippen molar-refractivity contribution in [2.24, 2.45) is 11.8 Å². The van der Waals surface area contributed by atoms with Crippen molar-refractivity contribution in [3.8, 4) is 0 Å². The van der Waals surface area contributed by atoms with Crippen LogP contribution in [0.1, 0.15) is 24.2 Å². The van der Waals surface area contributed by atoms with Gasteiger partial charge in [0.1, 0.15) is 0 Å². The molecule has 0 aliphatic rings. The monoisotopic (exact) mass is 740 g/mol. The highest BCUT2D eigenvalue weighted by Crippen LogP contribution is 2.15. The van der Waals surface area contributed by atoms with Crippen LogP contribution in [0.15, 0.2) is 12.4 Å². The fourth-order valence-corrected chi connectivity index (χ4v) is 5.36. The first-order valence-corrected chi connectivity index (χ1v) is 18.0. The Morgan fingerprint density at radius 3 is 1.81 bits per heavy atom. The molecule has 2 aromatic heterocycles. The molecule has 0 aliphatic carbocycles. The van der Waals surface area contributed by atoms with Gasteiger partial charge in [0, 0.05) is 49.7 Å². The van der Waals surface area contributed by atoms with Gasteiger partial charge in [-0.15, -0.1) is 10.2 Å². The summed E-state index contributed by atoms with van der Waals surface area (Å²) in [5.74, 6) is -5.59. The molecule has 48 heavy (non-hydrogen) atoms. The summed E-state index contributed by atoms with van der Waals surface area (Å²) in [7, 11) is -7.82. The summed E-state index contributed by atoms with van der Waals surface area (Å²) in [5.41, 5.74) is 0.490. The fourth-order valence-electron chi connectivity index (χ4n) is 4.13. The first-order chi connectivity index (χ1) is 22.4. The predicted molar refractivity (Wildman–Crippen MR) is 164 cm³/mol. The van der Waals surface area contributed by atoms with E-state index in [1.54, 1.807) is 6.26 Å². The molecule has 0 unspecified atom stereocenters.